The van der Waals surface area contributed by atoms with Crippen LogP contribution in [0.25, 0.3) is 31.3 Å². The van der Waals surface area contributed by atoms with E-state index in [0.29, 0.717) is 0 Å². The molecule has 3 nitrogen and oxygen atoms in total. The van der Waals surface area contributed by atoms with Gasteiger partial charge in [-0.15, -0.1) is 11.3 Å². The van der Waals surface area contributed by atoms with Crippen molar-refractivity contribution in [1.82, 2.24) is 0 Å². The molecule has 1 aromatic heterocycles. The van der Waals surface area contributed by atoms with E-state index in [0.717, 1.165) is 71.0 Å². The van der Waals surface area contributed by atoms with Crippen molar-refractivity contribution >= 4 is 48.6 Å². The van der Waals surface area contributed by atoms with E-state index in [2.05, 4.69) is 67.3 Å². The molecule has 4 heteroatoms. The Morgan fingerprint density at radius 1 is 0.622 bits per heavy atom. The van der Waals surface area contributed by atoms with Crippen molar-refractivity contribution in [1.29, 1.82) is 0 Å². The predicted molar refractivity (Wildman–Crippen MR) is 155 cm³/mol. The highest BCUT2D eigenvalue weighted by molar-refractivity contribution is 7.24. The molecule has 0 saturated carbocycles. The maximum absolute atomic E-state index is 13.2. The maximum Gasteiger partial charge on any atom is 0.195 e. The van der Waals surface area contributed by atoms with Crippen LogP contribution in [0.1, 0.15) is 11.1 Å². The molecule has 0 unspecified atom stereocenters. The number of para-hydroxylation sites is 2. The van der Waals surface area contributed by atoms with Gasteiger partial charge in [-0.2, -0.15) is 0 Å². The van der Waals surface area contributed by atoms with Gasteiger partial charge < -0.3 is 9.64 Å². The average molecular weight is 498 g/mol. The molecule has 0 amide bonds. The summed E-state index contributed by atoms with van der Waals surface area (Å²) in [6, 6.07) is 35.0. The topological polar surface area (TPSA) is 29.5 Å². The molecular weight excluding hydrogens is 474 g/mol. The van der Waals surface area contributed by atoms with Gasteiger partial charge >= 0.3 is 0 Å². The van der Waals surface area contributed by atoms with E-state index in [1.165, 1.54) is 0 Å². The zero-order valence-electron chi connectivity index (χ0n) is 20.5. The van der Waals surface area contributed by atoms with Crippen LogP contribution in [0, 0.1) is 13.8 Å². The number of fused-ring (bicyclic) bond motifs is 4. The van der Waals surface area contributed by atoms with Gasteiger partial charge in [0.25, 0.3) is 0 Å². The van der Waals surface area contributed by atoms with Gasteiger partial charge in [0.15, 0.2) is 16.9 Å². The van der Waals surface area contributed by atoms with E-state index in [1.54, 1.807) is 11.3 Å². The Balaban J connectivity index is 1.35. The summed E-state index contributed by atoms with van der Waals surface area (Å²) in [5.74, 6) is 1.71. The van der Waals surface area contributed by atoms with Gasteiger partial charge in [-0.1, -0.05) is 54.6 Å². The highest BCUT2D eigenvalue weighted by Gasteiger charge is 2.28. The molecule has 0 spiro atoms. The number of rotatable bonds is 2. The van der Waals surface area contributed by atoms with Crippen molar-refractivity contribution in [3.63, 3.8) is 0 Å². The van der Waals surface area contributed by atoms with Crippen molar-refractivity contribution in [2.75, 3.05) is 4.90 Å². The molecule has 1 aliphatic rings. The van der Waals surface area contributed by atoms with Crippen LogP contribution < -0.4 is 15.1 Å². The summed E-state index contributed by atoms with van der Waals surface area (Å²) >= 11 is 1.66. The van der Waals surface area contributed by atoms with E-state index >= 15 is 0 Å². The number of hydrogen-bond acceptors (Lipinski definition) is 4. The first-order valence-corrected chi connectivity index (χ1v) is 13.1. The first-order chi connectivity index (χ1) is 18.1. The minimum absolute atomic E-state index is 0.0929. The lowest BCUT2D eigenvalue weighted by molar-refractivity contribution is 0.476. The lowest BCUT2D eigenvalue weighted by Gasteiger charge is -2.35. The van der Waals surface area contributed by atoms with Crippen LogP contribution >= 0.6 is 11.3 Å². The summed E-state index contributed by atoms with van der Waals surface area (Å²) in [6.45, 7) is 4.24. The van der Waals surface area contributed by atoms with Gasteiger partial charge in [-0.05, 0) is 84.6 Å². The molecule has 0 N–H and O–H groups in total. The van der Waals surface area contributed by atoms with Gasteiger partial charge in [-0.3, -0.25) is 4.79 Å². The van der Waals surface area contributed by atoms with Gasteiger partial charge in [0.05, 0.1) is 11.4 Å². The van der Waals surface area contributed by atoms with Crippen molar-refractivity contribution in [3.8, 4) is 22.6 Å². The molecule has 178 valence electrons. The fraction of sp³-hybridized carbons (Fsp3) is 0.0606. The van der Waals surface area contributed by atoms with Crippen LogP contribution in [0.15, 0.2) is 108 Å². The number of aryl methyl sites for hydroxylation is 2. The first kappa shape index (κ1) is 21.8. The molecule has 7 rings (SSSR count). The summed E-state index contributed by atoms with van der Waals surface area (Å²) in [7, 11) is 0. The van der Waals surface area contributed by atoms with E-state index in [4.69, 9.17) is 4.74 Å². The number of nitrogens with zero attached hydrogens (tertiary/aromatic N) is 1. The number of hydrogen-bond donors (Lipinski definition) is 0. The Bertz CT molecular complexity index is 1850. The minimum atomic E-state index is 0.0929. The van der Waals surface area contributed by atoms with E-state index < -0.39 is 0 Å². The molecule has 0 fully saturated rings. The monoisotopic (exact) mass is 497 g/mol. The highest BCUT2D eigenvalue weighted by atomic mass is 32.1. The van der Waals surface area contributed by atoms with E-state index in [1.807, 2.05) is 54.6 Å². The van der Waals surface area contributed by atoms with Crippen LogP contribution in [0.4, 0.5) is 17.1 Å². The van der Waals surface area contributed by atoms with Crippen molar-refractivity contribution in [2.45, 2.75) is 13.8 Å². The maximum atomic E-state index is 13.2. The fourth-order valence-electron chi connectivity index (χ4n) is 5.28. The molecule has 0 atom stereocenters. The van der Waals surface area contributed by atoms with Gasteiger partial charge in [0, 0.05) is 25.9 Å². The zero-order valence-corrected chi connectivity index (χ0v) is 21.3. The Hall–Kier alpha value is -4.41. The molecule has 1 aliphatic heterocycles. The highest BCUT2D eigenvalue weighted by Crippen LogP contribution is 2.52. The third kappa shape index (κ3) is 3.45. The van der Waals surface area contributed by atoms with Crippen LogP contribution in [-0.4, -0.2) is 0 Å². The van der Waals surface area contributed by atoms with E-state index in [-0.39, 0.29) is 5.43 Å². The second-order valence-electron chi connectivity index (χ2n) is 9.47. The molecule has 37 heavy (non-hydrogen) atoms. The van der Waals surface area contributed by atoms with Gasteiger partial charge in [0.2, 0.25) is 0 Å². The number of anilines is 3. The third-order valence-electron chi connectivity index (χ3n) is 7.10. The van der Waals surface area contributed by atoms with Gasteiger partial charge in [-0.25, -0.2) is 0 Å². The SMILES string of the molecule is Cc1cccc2c1N(c1ccc(-c3ccc4sc5ccccc5c(=O)c4c3)cc1)c1c(C)cccc1O2. The average Bonchev–Trinajstić information content (AvgIpc) is 2.92. The normalized spacial score (nSPS) is 12.3. The van der Waals surface area contributed by atoms with Crippen molar-refractivity contribution < 1.29 is 4.74 Å². The number of ether oxygens (including phenoxy) is 1. The Labute approximate surface area is 218 Å². The summed E-state index contributed by atoms with van der Waals surface area (Å²) in [6.07, 6.45) is 0. The summed E-state index contributed by atoms with van der Waals surface area (Å²) < 4.78 is 8.33. The molecule has 5 aromatic carbocycles. The molecule has 0 saturated heterocycles. The zero-order chi connectivity index (χ0) is 25.1. The molecular formula is C33H23NO2S. The quantitative estimate of drug-likeness (QED) is 0.223. The van der Waals surface area contributed by atoms with Crippen LogP contribution in [0.5, 0.6) is 11.5 Å². The second-order valence-corrected chi connectivity index (χ2v) is 10.5. The fourth-order valence-corrected chi connectivity index (χ4v) is 6.33. The van der Waals surface area contributed by atoms with Crippen LogP contribution in [0.3, 0.4) is 0 Å². The van der Waals surface area contributed by atoms with Crippen LogP contribution in [0.2, 0.25) is 0 Å². The summed E-state index contributed by atoms with van der Waals surface area (Å²) in [5.41, 5.74) is 7.70. The molecule has 6 aromatic rings. The summed E-state index contributed by atoms with van der Waals surface area (Å²) in [5, 5.41) is 1.55. The lowest BCUT2D eigenvalue weighted by atomic mass is 10.0. The third-order valence-corrected chi connectivity index (χ3v) is 8.26. The van der Waals surface area contributed by atoms with Crippen molar-refractivity contribution in [2.24, 2.45) is 0 Å². The van der Waals surface area contributed by atoms with Crippen molar-refractivity contribution in [3.05, 3.63) is 124 Å². The standard InChI is InChI=1S/C33H23NO2S/c1-20-7-5-10-27-31(20)34(32-21(2)8-6-11-28(32)36-27)24-16-13-22(14-17-24)23-15-18-30-26(19-23)33(35)25-9-3-4-12-29(25)37-30/h3-19H,1-2H3. The smallest absolute Gasteiger partial charge is 0.195 e. The summed E-state index contributed by atoms with van der Waals surface area (Å²) in [4.78, 5) is 15.5. The molecule has 0 bridgehead atoms. The predicted octanol–water partition coefficient (Wildman–Crippen LogP) is 9.27. The Kier molecular flexibility index (Phi) is 4.91. The Morgan fingerprint density at radius 3 is 1.95 bits per heavy atom. The largest absolute Gasteiger partial charge is 0.453 e. The minimum Gasteiger partial charge on any atom is -0.453 e. The first-order valence-electron chi connectivity index (χ1n) is 12.3. The molecule has 0 aliphatic carbocycles. The van der Waals surface area contributed by atoms with Crippen LogP contribution in [-0.2, 0) is 0 Å². The second kappa shape index (κ2) is 8.32. The molecule has 2 heterocycles. The van der Waals surface area contributed by atoms with Gasteiger partial charge in [0.1, 0.15) is 0 Å². The lowest BCUT2D eigenvalue weighted by Crippen LogP contribution is -2.18. The molecule has 0 radical (unpaired) electrons. The Morgan fingerprint density at radius 2 is 1.24 bits per heavy atom. The van der Waals surface area contributed by atoms with E-state index in [9.17, 15) is 4.79 Å². The number of benzene rings is 5.